The van der Waals surface area contributed by atoms with Crippen molar-refractivity contribution in [2.75, 3.05) is 47.9 Å². The zero-order chi connectivity index (χ0) is 39.7. The van der Waals surface area contributed by atoms with Crippen LogP contribution in [0.3, 0.4) is 0 Å². The predicted molar refractivity (Wildman–Crippen MR) is 196 cm³/mol. The molecule has 0 aliphatic carbocycles. The summed E-state index contributed by atoms with van der Waals surface area (Å²) in [6, 6.07) is 7.46. The van der Waals surface area contributed by atoms with Gasteiger partial charge in [0.2, 0.25) is 0 Å². The van der Waals surface area contributed by atoms with Crippen LogP contribution in [0.15, 0.2) is 42.6 Å². The first-order valence-electron chi connectivity index (χ1n) is 17.1. The third kappa shape index (κ3) is 9.25. The third-order valence-corrected chi connectivity index (χ3v) is 13.6. The molecule has 0 unspecified atom stereocenters. The van der Waals surface area contributed by atoms with Gasteiger partial charge in [0, 0.05) is 49.2 Å². The Balaban J connectivity index is 1.66. The molecule has 3 aromatic rings. The van der Waals surface area contributed by atoms with Gasteiger partial charge in [-0.2, -0.15) is 18.4 Å². The van der Waals surface area contributed by atoms with Gasteiger partial charge in [-0.05, 0) is 76.2 Å². The molecule has 3 amide bonds. The summed E-state index contributed by atoms with van der Waals surface area (Å²) in [6.07, 6.45) is -4.77. The van der Waals surface area contributed by atoms with Gasteiger partial charge in [0.1, 0.15) is 17.1 Å². The van der Waals surface area contributed by atoms with Crippen LogP contribution in [0.2, 0.25) is 18.1 Å². The number of carbonyl (C=O) groups is 2. The molecule has 286 valence electrons. The van der Waals surface area contributed by atoms with E-state index in [0.717, 1.165) is 23.1 Å². The summed E-state index contributed by atoms with van der Waals surface area (Å²) in [5.74, 6) is -2.50. The third-order valence-electron chi connectivity index (χ3n) is 9.08. The Labute approximate surface area is 307 Å². The molecule has 2 heterocycles. The standard InChI is InChI=1S/C37H45F5N6O4Si/c1-10-47-32-27(18-24(22-45-32)37(40,41)42)26-12-11-23(21-43)17-30(26)48(33(47)49)31-28(38)19-25(20-29(31)39)44-13-14-46(34(50)52-35(2,3)4)15-16-51-53(8,9)36(5,6)7/h11-12,17-20,22,44H,10,13-16H2,1-9H3. The van der Waals surface area contributed by atoms with Crippen LogP contribution >= 0.6 is 0 Å². The number of alkyl halides is 3. The molecule has 53 heavy (non-hydrogen) atoms. The molecule has 1 aliphatic heterocycles. The number of carbonyl (C=O) groups excluding carboxylic acids is 2. The highest BCUT2D eigenvalue weighted by Crippen LogP contribution is 2.46. The highest BCUT2D eigenvalue weighted by molar-refractivity contribution is 6.74. The van der Waals surface area contributed by atoms with E-state index >= 15 is 8.78 Å². The van der Waals surface area contributed by atoms with Crippen LogP contribution < -0.4 is 15.1 Å². The number of halogens is 5. The van der Waals surface area contributed by atoms with Crippen molar-refractivity contribution in [3.63, 3.8) is 0 Å². The fourth-order valence-electron chi connectivity index (χ4n) is 5.32. The van der Waals surface area contributed by atoms with Crippen molar-refractivity contribution < 1.29 is 40.7 Å². The number of amides is 3. The van der Waals surface area contributed by atoms with Gasteiger partial charge in [-0.15, -0.1) is 0 Å². The lowest BCUT2D eigenvalue weighted by Crippen LogP contribution is -2.45. The number of nitrogens with one attached hydrogen (secondary N) is 1. The van der Waals surface area contributed by atoms with E-state index in [9.17, 15) is 28.0 Å². The van der Waals surface area contributed by atoms with Crippen molar-refractivity contribution in [3.8, 4) is 17.2 Å². The summed E-state index contributed by atoms with van der Waals surface area (Å²) in [5, 5.41) is 12.5. The normalized spacial score (nSPS) is 13.6. The first-order chi connectivity index (χ1) is 24.5. The Kier molecular flexibility index (Phi) is 11.8. The number of urea groups is 1. The van der Waals surface area contributed by atoms with Gasteiger partial charge in [0.05, 0.1) is 29.5 Å². The molecule has 0 atom stereocenters. The Morgan fingerprint density at radius 1 is 1.00 bits per heavy atom. The van der Waals surface area contributed by atoms with Gasteiger partial charge >= 0.3 is 18.3 Å². The highest BCUT2D eigenvalue weighted by Gasteiger charge is 2.39. The van der Waals surface area contributed by atoms with Crippen molar-refractivity contribution in [3.05, 3.63) is 65.4 Å². The lowest BCUT2D eigenvalue weighted by molar-refractivity contribution is -0.137. The molecule has 2 aromatic carbocycles. The van der Waals surface area contributed by atoms with E-state index in [4.69, 9.17) is 9.16 Å². The van der Waals surface area contributed by atoms with Gasteiger partial charge in [0.25, 0.3) is 0 Å². The first-order valence-corrected chi connectivity index (χ1v) is 20.0. The van der Waals surface area contributed by atoms with E-state index in [1.807, 2.05) is 6.07 Å². The van der Waals surface area contributed by atoms with E-state index in [2.05, 4.69) is 44.2 Å². The van der Waals surface area contributed by atoms with E-state index in [1.165, 1.54) is 30.0 Å². The Hall–Kier alpha value is -4.75. The van der Waals surface area contributed by atoms with Crippen LogP contribution in [0, 0.1) is 23.0 Å². The SMILES string of the molecule is CCN1C(=O)N(c2c(F)cc(NCCN(CCO[Si](C)(C)C(C)(C)C)C(=O)OC(C)(C)C)cc2F)c2cc(C#N)ccc2-c2cc(C(F)(F)F)cnc21. The largest absolute Gasteiger partial charge is 0.444 e. The fraction of sp³-hybridized carbons (Fsp3) is 0.459. The number of nitrogens with zero attached hydrogens (tertiary/aromatic N) is 5. The summed E-state index contributed by atoms with van der Waals surface area (Å²) in [6.45, 7) is 17.8. The maximum Gasteiger partial charge on any atom is 0.417 e. The molecule has 4 rings (SSSR count). The average molecular weight is 761 g/mol. The summed E-state index contributed by atoms with van der Waals surface area (Å²) in [5.41, 5.74) is -3.00. The van der Waals surface area contributed by atoms with Gasteiger partial charge < -0.3 is 19.4 Å². The van der Waals surface area contributed by atoms with E-state index in [1.54, 1.807) is 20.8 Å². The molecule has 1 N–H and O–H groups in total. The van der Waals surface area contributed by atoms with Crippen molar-refractivity contribution >= 4 is 43.3 Å². The average Bonchev–Trinajstić information content (AvgIpc) is 3.13. The number of benzene rings is 2. The number of rotatable bonds is 10. The molecule has 0 spiro atoms. The van der Waals surface area contributed by atoms with Crippen LogP contribution in [-0.4, -0.2) is 68.7 Å². The molecule has 1 aliphatic rings. The molecular weight excluding hydrogens is 716 g/mol. The summed E-state index contributed by atoms with van der Waals surface area (Å²) < 4.78 is 85.3. The zero-order valence-corrected chi connectivity index (χ0v) is 32.3. The Morgan fingerprint density at radius 2 is 1.64 bits per heavy atom. The summed E-state index contributed by atoms with van der Waals surface area (Å²) in [4.78, 5) is 34.3. The minimum Gasteiger partial charge on any atom is -0.444 e. The maximum atomic E-state index is 16.1. The summed E-state index contributed by atoms with van der Waals surface area (Å²) >= 11 is 0. The highest BCUT2D eigenvalue weighted by atomic mass is 28.4. The van der Waals surface area contributed by atoms with Crippen LogP contribution in [0.5, 0.6) is 0 Å². The number of hydrogen-bond donors (Lipinski definition) is 1. The lowest BCUT2D eigenvalue weighted by Gasteiger charge is -2.37. The van der Waals surface area contributed by atoms with Gasteiger partial charge in [-0.25, -0.2) is 23.4 Å². The van der Waals surface area contributed by atoms with E-state index in [-0.39, 0.29) is 71.7 Å². The van der Waals surface area contributed by atoms with Crippen LogP contribution in [-0.2, 0) is 15.3 Å². The van der Waals surface area contributed by atoms with E-state index < -0.39 is 55.1 Å². The molecule has 0 radical (unpaired) electrons. The fourth-order valence-corrected chi connectivity index (χ4v) is 6.35. The lowest BCUT2D eigenvalue weighted by atomic mass is 10.00. The zero-order valence-electron chi connectivity index (χ0n) is 31.3. The van der Waals surface area contributed by atoms with Gasteiger partial charge in [0.15, 0.2) is 20.0 Å². The quantitative estimate of drug-likeness (QED) is 0.162. The molecular formula is C37H45F5N6O4Si. The number of hydrogen-bond acceptors (Lipinski definition) is 7. The molecule has 16 heteroatoms. The van der Waals surface area contributed by atoms with Crippen molar-refractivity contribution in [1.29, 1.82) is 5.26 Å². The maximum absolute atomic E-state index is 16.1. The van der Waals surface area contributed by atoms with Crippen molar-refractivity contribution in [1.82, 2.24) is 9.88 Å². The second kappa shape index (κ2) is 15.3. The van der Waals surface area contributed by atoms with E-state index in [0.29, 0.717) is 11.1 Å². The second-order valence-electron chi connectivity index (χ2n) is 15.1. The Morgan fingerprint density at radius 3 is 2.19 bits per heavy atom. The number of pyridine rings is 1. The molecule has 1 aromatic heterocycles. The number of aromatic nitrogens is 1. The van der Waals surface area contributed by atoms with Gasteiger partial charge in [-0.3, -0.25) is 9.80 Å². The van der Waals surface area contributed by atoms with Crippen LogP contribution in [0.25, 0.3) is 11.1 Å². The minimum atomic E-state index is -4.77. The molecule has 0 bridgehead atoms. The number of fused-ring (bicyclic) bond motifs is 3. The second-order valence-corrected chi connectivity index (χ2v) is 19.9. The molecule has 0 saturated carbocycles. The summed E-state index contributed by atoms with van der Waals surface area (Å²) in [7, 11) is -2.11. The van der Waals surface area contributed by atoms with Crippen molar-refractivity contribution in [2.24, 2.45) is 0 Å². The molecule has 0 saturated heterocycles. The number of ether oxygens (including phenoxy) is 1. The van der Waals surface area contributed by atoms with Crippen LogP contribution in [0.1, 0.15) is 59.6 Å². The minimum absolute atomic E-state index is 0.00247. The predicted octanol–water partition coefficient (Wildman–Crippen LogP) is 9.69. The van der Waals surface area contributed by atoms with Crippen molar-refractivity contribution in [2.45, 2.75) is 78.4 Å². The number of anilines is 4. The smallest absolute Gasteiger partial charge is 0.417 e. The first kappa shape index (κ1) is 41.0. The van der Waals surface area contributed by atoms with Gasteiger partial charge in [-0.1, -0.05) is 26.8 Å². The Bertz CT molecular complexity index is 1880. The molecule has 10 nitrogen and oxygen atoms in total. The number of nitriles is 1. The molecule has 0 fully saturated rings. The topological polar surface area (TPSA) is 111 Å². The monoisotopic (exact) mass is 760 g/mol. The van der Waals surface area contributed by atoms with Crippen LogP contribution in [0.4, 0.5) is 54.4 Å².